The number of carbonyl (C=O) groups is 1. The van der Waals surface area contributed by atoms with Crippen LogP contribution in [-0.2, 0) is 10.2 Å². The third kappa shape index (κ3) is 4.76. The van der Waals surface area contributed by atoms with E-state index in [2.05, 4.69) is 9.83 Å². The molecule has 0 amide bonds. The van der Waals surface area contributed by atoms with Crippen molar-refractivity contribution in [3.63, 3.8) is 0 Å². The standard InChI is InChI=1S/C19H21FN2O2/c1-19(2,11-10-16(23)5-4-12-21-3)17-13-24-18(22-17)14-6-8-15(20)9-7-14/h6-9,13H,4-5,10-12H2,1-2H3. The molecule has 24 heavy (non-hydrogen) atoms. The molecule has 126 valence electrons. The van der Waals surface area contributed by atoms with Crippen LogP contribution in [0.15, 0.2) is 34.9 Å². The number of carbonyl (C=O) groups excluding carboxylic acids is 1. The number of oxazole rings is 1. The Labute approximate surface area is 141 Å². The summed E-state index contributed by atoms with van der Waals surface area (Å²) >= 11 is 0. The maximum atomic E-state index is 13.0. The molecule has 1 heterocycles. The van der Waals surface area contributed by atoms with Gasteiger partial charge < -0.3 is 9.26 Å². The Hall–Kier alpha value is -2.48. The monoisotopic (exact) mass is 328 g/mol. The lowest BCUT2D eigenvalue weighted by atomic mass is 9.84. The summed E-state index contributed by atoms with van der Waals surface area (Å²) in [6.07, 6.45) is 3.81. The molecule has 0 saturated heterocycles. The fourth-order valence-corrected chi connectivity index (χ4v) is 2.37. The van der Waals surface area contributed by atoms with Crippen molar-refractivity contribution in [2.24, 2.45) is 0 Å². The fourth-order valence-electron chi connectivity index (χ4n) is 2.37. The Morgan fingerprint density at radius 1 is 1.29 bits per heavy atom. The Bertz CT molecular complexity index is 727. The molecule has 0 unspecified atom stereocenters. The number of ketones is 1. The topological polar surface area (TPSA) is 47.5 Å². The van der Waals surface area contributed by atoms with E-state index in [4.69, 9.17) is 11.0 Å². The predicted octanol–water partition coefficient (Wildman–Crippen LogP) is 4.81. The molecule has 0 atom stereocenters. The maximum absolute atomic E-state index is 13.0. The van der Waals surface area contributed by atoms with Crippen LogP contribution in [-0.4, -0.2) is 17.3 Å². The van der Waals surface area contributed by atoms with E-state index in [0.29, 0.717) is 43.7 Å². The summed E-state index contributed by atoms with van der Waals surface area (Å²) in [7, 11) is 0. The Kier molecular flexibility index (Phi) is 5.86. The van der Waals surface area contributed by atoms with Crippen LogP contribution in [0.5, 0.6) is 0 Å². The van der Waals surface area contributed by atoms with E-state index in [1.54, 1.807) is 18.4 Å². The van der Waals surface area contributed by atoms with E-state index >= 15 is 0 Å². The largest absolute Gasteiger partial charge is 0.444 e. The summed E-state index contributed by atoms with van der Waals surface area (Å²) in [4.78, 5) is 19.6. The van der Waals surface area contributed by atoms with E-state index in [1.165, 1.54) is 12.1 Å². The first-order valence-corrected chi connectivity index (χ1v) is 7.99. The molecule has 4 nitrogen and oxygen atoms in total. The zero-order valence-electron chi connectivity index (χ0n) is 14.0. The smallest absolute Gasteiger partial charge is 0.226 e. The normalized spacial score (nSPS) is 11.2. The lowest BCUT2D eigenvalue weighted by Gasteiger charge is -2.21. The molecule has 0 saturated carbocycles. The SMILES string of the molecule is [C-]#[N+]CCCC(=O)CCC(C)(C)c1coc(-c2ccc(F)cc2)n1. The summed E-state index contributed by atoms with van der Waals surface area (Å²) in [6, 6.07) is 5.98. The average molecular weight is 328 g/mol. The van der Waals surface area contributed by atoms with Gasteiger partial charge in [0.1, 0.15) is 17.9 Å². The number of hydrogen-bond donors (Lipinski definition) is 0. The van der Waals surface area contributed by atoms with Crippen LogP contribution in [0.25, 0.3) is 16.3 Å². The molecular weight excluding hydrogens is 307 g/mol. The Balaban J connectivity index is 1.98. The van der Waals surface area contributed by atoms with Gasteiger partial charge in [-0.3, -0.25) is 4.79 Å². The molecule has 2 rings (SSSR count). The van der Waals surface area contributed by atoms with Crippen molar-refractivity contribution in [1.29, 1.82) is 0 Å². The molecule has 0 N–H and O–H groups in total. The Morgan fingerprint density at radius 2 is 2.00 bits per heavy atom. The highest BCUT2D eigenvalue weighted by Crippen LogP contribution is 2.30. The molecule has 2 aromatic rings. The van der Waals surface area contributed by atoms with Crippen molar-refractivity contribution < 1.29 is 13.6 Å². The van der Waals surface area contributed by atoms with E-state index in [1.807, 2.05) is 13.8 Å². The zero-order chi connectivity index (χ0) is 17.6. The second kappa shape index (κ2) is 7.87. The minimum atomic E-state index is -0.303. The van der Waals surface area contributed by atoms with Gasteiger partial charge >= 0.3 is 0 Å². The van der Waals surface area contributed by atoms with Gasteiger partial charge in [0, 0.05) is 30.2 Å². The number of benzene rings is 1. The summed E-state index contributed by atoms with van der Waals surface area (Å²) < 4.78 is 18.5. The van der Waals surface area contributed by atoms with Crippen LogP contribution in [0.1, 0.15) is 45.2 Å². The van der Waals surface area contributed by atoms with Gasteiger partial charge in [-0.15, -0.1) is 0 Å². The van der Waals surface area contributed by atoms with E-state index in [9.17, 15) is 9.18 Å². The summed E-state index contributed by atoms with van der Waals surface area (Å²) in [5.41, 5.74) is 1.20. The highest BCUT2D eigenvalue weighted by Gasteiger charge is 2.26. The van der Waals surface area contributed by atoms with Crippen molar-refractivity contribution in [1.82, 2.24) is 4.98 Å². The molecule has 0 aliphatic heterocycles. The van der Waals surface area contributed by atoms with Crippen molar-refractivity contribution in [2.75, 3.05) is 6.54 Å². The van der Waals surface area contributed by atoms with Crippen molar-refractivity contribution >= 4 is 5.78 Å². The van der Waals surface area contributed by atoms with Crippen molar-refractivity contribution in [3.05, 3.63) is 53.5 Å². The molecule has 0 fully saturated rings. The molecule has 0 radical (unpaired) electrons. The maximum Gasteiger partial charge on any atom is 0.226 e. The quantitative estimate of drug-likeness (QED) is 0.516. The summed E-state index contributed by atoms with van der Waals surface area (Å²) in [5, 5.41) is 0. The van der Waals surface area contributed by atoms with Crippen LogP contribution in [0.4, 0.5) is 4.39 Å². The van der Waals surface area contributed by atoms with Gasteiger partial charge in [-0.1, -0.05) is 13.8 Å². The zero-order valence-corrected chi connectivity index (χ0v) is 14.0. The first kappa shape index (κ1) is 17.9. The van der Waals surface area contributed by atoms with E-state index < -0.39 is 0 Å². The third-order valence-electron chi connectivity index (χ3n) is 4.04. The first-order chi connectivity index (χ1) is 11.4. The van der Waals surface area contributed by atoms with Gasteiger partial charge in [0.2, 0.25) is 12.4 Å². The van der Waals surface area contributed by atoms with Gasteiger partial charge in [-0.25, -0.2) is 15.9 Å². The highest BCUT2D eigenvalue weighted by molar-refractivity contribution is 5.78. The number of hydrogen-bond acceptors (Lipinski definition) is 3. The number of nitrogens with zero attached hydrogens (tertiary/aromatic N) is 2. The second-order valence-corrected chi connectivity index (χ2v) is 6.45. The van der Waals surface area contributed by atoms with E-state index in [0.717, 1.165) is 5.69 Å². The van der Waals surface area contributed by atoms with Crippen LogP contribution in [0.2, 0.25) is 0 Å². The van der Waals surface area contributed by atoms with E-state index in [-0.39, 0.29) is 17.0 Å². The minimum Gasteiger partial charge on any atom is -0.444 e. The van der Waals surface area contributed by atoms with Crippen molar-refractivity contribution in [3.8, 4) is 11.5 Å². The predicted molar refractivity (Wildman–Crippen MR) is 89.9 cm³/mol. The molecule has 0 bridgehead atoms. The summed E-state index contributed by atoms with van der Waals surface area (Å²) in [5.74, 6) is 0.318. The molecule has 1 aromatic carbocycles. The number of rotatable bonds is 8. The van der Waals surface area contributed by atoms with Gasteiger partial charge in [-0.2, -0.15) is 0 Å². The van der Waals surface area contributed by atoms with Crippen LogP contribution in [0, 0.1) is 12.4 Å². The summed E-state index contributed by atoms with van der Waals surface area (Å²) in [6.45, 7) is 11.2. The van der Waals surface area contributed by atoms with Gasteiger partial charge in [0.25, 0.3) is 0 Å². The molecular formula is C19H21FN2O2. The first-order valence-electron chi connectivity index (χ1n) is 7.99. The minimum absolute atomic E-state index is 0.175. The second-order valence-electron chi connectivity index (χ2n) is 6.45. The number of halogens is 1. The molecule has 5 heteroatoms. The van der Waals surface area contributed by atoms with Crippen LogP contribution < -0.4 is 0 Å². The lowest BCUT2D eigenvalue weighted by Crippen LogP contribution is -2.19. The van der Waals surface area contributed by atoms with Gasteiger partial charge in [-0.05, 0) is 30.7 Å². The number of aromatic nitrogens is 1. The van der Waals surface area contributed by atoms with Crippen LogP contribution >= 0.6 is 0 Å². The average Bonchev–Trinajstić information content (AvgIpc) is 3.05. The van der Waals surface area contributed by atoms with Crippen LogP contribution in [0.3, 0.4) is 0 Å². The fraction of sp³-hybridized carbons (Fsp3) is 0.421. The molecule has 0 spiro atoms. The Morgan fingerprint density at radius 3 is 2.67 bits per heavy atom. The third-order valence-corrected chi connectivity index (χ3v) is 4.04. The molecule has 0 aliphatic rings. The van der Waals surface area contributed by atoms with Crippen molar-refractivity contribution in [2.45, 2.75) is 44.9 Å². The van der Waals surface area contributed by atoms with Gasteiger partial charge in [0.15, 0.2) is 0 Å². The lowest BCUT2D eigenvalue weighted by molar-refractivity contribution is -0.119. The van der Waals surface area contributed by atoms with Gasteiger partial charge in [0.05, 0.1) is 5.69 Å². The number of Topliss-reactive ketones (excluding diaryl/α,β-unsaturated/α-hetero) is 1. The molecule has 0 aliphatic carbocycles. The highest BCUT2D eigenvalue weighted by atomic mass is 19.1. The molecule has 1 aromatic heterocycles.